The van der Waals surface area contributed by atoms with Gasteiger partial charge in [0.15, 0.2) is 17.1 Å². The maximum atomic E-state index is 12.5. The van der Waals surface area contributed by atoms with E-state index in [1.807, 2.05) is 55.6 Å². The van der Waals surface area contributed by atoms with Crippen LogP contribution in [0.25, 0.3) is 0 Å². The second kappa shape index (κ2) is 12.4. The van der Waals surface area contributed by atoms with Crippen molar-refractivity contribution in [3.8, 4) is 5.75 Å². The number of anilines is 1. The lowest BCUT2D eigenvalue weighted by atomic mass is 10.0. The Morgan fingerprint density at radius 3 is 2.46 bits per heavy atom. The van der Waals surface area contributed by atoms with Crippen LogP contribution in [0.1, 0.15) is 50.6 Å². The number of rotatable bonds is 11. The third-order valence-electron chi connectivity index (χ3n) is 5.55. The number of benzene rings is 2. The monoisotopic (exact) mass is 495 g/mol. The van der Waals surface area contributed by atoms with Crippen molar-refractivity contribution < 1.29 is 14.3 Å². The summed E-state index contributed by atoms with van der Waals surface area (Å²) in [6.45, 7) is 8.19. The minimum absolute atomic E-state index is 0.112. The molecule has 186 valence electrons. The van der Waals surface area contributed by atoms with Crippen LogP contribution < -0.4 is 15.4 Å². The number of carbonyl (C=O) groups excluding carboxylic acids is 2. The third-order valence-corrected chi connectivity index (χ3v) is 6.57. The van der Waals surface area contributed by atoms with Crippen molar-refractivity contribution >= 4 is 29.3 Å². The fourth-order valence-electron chi connectivity index (χ4n) is 3.43. The lowest BCUT2D eigenvalue weighted by molar-refractivity contribution is -0.127. The number of nitrogens with one attached hydrogen (secondary N) is 2. The molecule has 0 spiro atoms. The van der Waals surface area contributed by atoms with Gasteiger partial charge in [0, 0.05) is 12.7 Å². The maximum Gasteiger partial charge on any atom is 0.261 e. The fraction of sp³-hybridized carbons (Fsp3) is 0.385. The minimum atomic E-state index is -0.651. The van der Waals surface area contributed by atoms with E-state index in [9.17, 15) is 9.59 Å². The summed E-state index contributed by atoms with van der Waals surface area (Å²) in [4.78, 5) is 25.0. The van der Waals surface area contributed by atoms with Gasteiger partial charge < -0.3 is 19.9 Å². The average Bonchev–Trinajstić information content (AvgIpc) is 3.20. The van der Waals surface area contributed by atoms with Crippen LogP contribution in [-0.2, 0) is 29.6 Å². The van der Waals surface area contributed by atoms with Crippen LogP contribution in [0.15, 0.2) is 53.7 Å². The molecule has 0 aliphatic carbocycles. The summed E-state index contributed by atoms with van der Waals surface area (Å²) in [5, 5.41) is 14.7. The van der Waals surface area contributed by atoms with E-state index in [0.29, 0.717) is 22.6 Å². The SMILES string of the molecule is CCc1ccc(O[C@@H](C)C(=O)NCc2nnc(SCC(=O)Nc3ccccc3C(C)C)n2C)cc1. The Kier molecular flexibility index (Phi) is 9.31. The summed E-state index contributed by atoms with van der Waals surface area (Å²) in [6.07, 6.45) is 0.299. The molecule has 0 saturated heterocycles. The quantitative estimate of drug-likeness (QED) is 0.385. The number of hydrogen-bond acceptors (Lipinski definition) is 6. The van der Waals surface area contributed by atoms with Crippen LogP contribution in [0, 0.1) is 0 Å². The third kappa shape index (κ3) is 7.32. The van der Waals surface area contributed by atoms with E-state index in [-0.39, 0.29) is 24.1 Å². The number of aromatic nitrogens is 3. The Labute approximate surface area is 210 Å². The van der Waals surface area contributed by atoms with Crippen LogP contribution in [0.2, 0.25) is 0 Å². The van der Waals surface area contributed by atoms with Gasteiger partial charge in [-0.2, -0.15) is 0 Å². The van der Waals surface area contributed by atoms with Gasteiger partial charge in [-0.1, -0.05) is 62.9 Å². The van der Waals surface area contributed by atoms with Crippen molar-refractivity contribution in [1.82, 2.24) is 20.1 Å². The smallest absolute Gasteiger partial charge is 0.261 e. The molecule has 3 rings (SSSR count). The highest BCUT2D eigenvalue weighted by Crippen LogP contribution is 2.24. The first-order chi connectivity index (χ1) is 16.8. The van der Waals surface area contributed by atoms with Crippen molar-refractivity contribution in [2.24, 2.45) is 7.05 Å². The molecule has 2 amide bonds. The van der Waals surface area contributed by atoms with Crippen molar-refractivity contribution in [2.45, 2.75) is 57.8 Å². The lowest BCUT2D eigenvalue weighted by Crippen LogP contribution is -2.36. The van der Waals surface area contributed by atoms with E-state index in [2.05, 4.69) is 41.6 Å². The van der Waals surface area contributed by atoms with Crippen LogP contribution in [0.4, 0.5) is 5.69 Å². The largest absolute Gasteiger partial charge is 0.481 e. The molecule has 1 heterocycles. The second-order valence-corrected chi connectivity index (χ2v) is 9.45. The van der Waals surface area contributed by atoms with E-state index >= 15 is 0 Å². The molecule has 3 aromatic rings. The molecular weight excluding hydrogens is 462 g/mol. The molecule has 0 fully saturated rings. The predicted molar refractivity (Wildman–Crippen MR) is 139 cm³/mol. The first-order valence-electron chi connectivity index (χ1n) is 11.7. The number of amides is 2. The molecular formula is C26H33N5O3S. The van der Waals surface area contributed by atoms with Gasteiger partial charge in [0.25, 0.3) is 5.91 Å². The van der Waals surface area contributed by atoms with Gasteiger partial charge in [0.05, 0.1) is 12.3 Å². The highest BCUT2D eigenvalue weighted by atomic mass is 32.2. The van der Waals surface area contributed by atoms with Crippen molar-refractivity contribution in [3.05, 3.63) is 65.5 Å². The Morgan fingerprint density at radius 2 is 1.77 bits per heavy atom. The number of aryl methyl sites for hydroxylation is 1. The topological polar surface area (TPSA) is 98.1 Å². The van der Waals surface area contributed by atoms with Gasteiger partial charge in [-0.05, 0) is 48.6 Å². The predicted octanol–water partition coefficient (Wildman–Crippen LogP) is 4.32. The van der Waals surface area contributed by atoms with E-state index in [4.69, 9.17) is 4.74 Å². The summed E-state index contributed by atoms with van der Waals surface area (Å²) >= 11 is 1.29. The summed E-state index contributed by atoms with van der Waals surface area (Å²) < 4.78 is 7.51. The number of nitrogens with zero attached hydrogens (tertiary/aromatic N) is 3. The number of hydrogen-bond donors (Lipinski definition) is 2. The molecule has 0 saturated carbocycles. The van der Waals surface area contributed by atoms with Gasteiger partial charge in [0.2, 0.25) is 5.91 Å². The van der Waals surface area contributed by atoms with Crippen LogP contribution >= 0.6 is 11.8 Å². The fourth-order valence-corrected chi connectivity index (χ4v) is 4.16. The number of thioether (sulfide) groups is 1. The molecule has 2 N–H and O–H groups in total. The van der Waals surface area contributed by atoms with Crippen molar-refractivity contribution in [1.29, 1.82) is 0 Å². The molecule has 35 heavy (non-hydrogen) atoms. The van der Waals surface area contributed by atoms with E-state index in [1.54, 1.807) is 11.5 Å². The molecule has 1 atom stereocenters. The highest BCUT2D eigenvalue weighted by Gasteiger charge is 2.17. The average molecular weight is 496 g/mol. The number of ether oxygens (including phenoxy) is 1. The summed E-state index contributed by atoms with van der Waals surface area (Å²) in [7, 11) is 1.81. The normalized spacial score (nSPS) is 11.8. The molecule has 0 bridgehead atoms. The first-order valence-corrected chi connectivity index (χ1v) is 12.7. The van der Waals surface area contributed by atoms with Crippen LogP contribution in [0.3, 0.4) is 0 Å². The zero-order chi connectivity index (χ0) is 25.4. The van der Waals surface area contributed by atoms with Gasteiger partial charge >= 0.3 is 0 Å². The molecule has 0 aliphatic rings. The maximum absolute atomic E-state index is 12.5. The summed E-state index contributed by atoms with van der Waals surface area (Å²) in [5.41, 5.74) is 3.13. The van der Waals surface area contributed by atoms with Gasteiger partial charge in [-0.15, -0.1) is 10.2 Å². The number of para-hydroxylation sites is 1. The molecule has 0 aliphatic heterocycles. The first kappa shape index (κ1) is 26.3. The Bertz CT molecular complexity index is 1140. The van der Waals surface area contributed by atoms with Crippen LogP contribution in [-0.4, -0.2) is 38.4 Å². The van der Waals surface area contributed by atoms with Gasteiger partial charge in [-0.25, -0.2) is 0 Å². The Morgan fingerprint density at radius 1 is 1.06 bits per heavy atom. The van der Waals surface area contributed by atoms with Crippen molar-refractivity contribution in [3.63, 3.8) is 0 Å². The zero-order valence-corrected chi connectivity index (χ0v) is 21.7. The second-order valence-electron chi connectivity index (χ2n) is 8.51. The Hall–Kier alpha value is -3.33. The molecule has 9 heteroatoms. The summed E-state index contributed by atoms with van der Waals surface area (Å²) in [5.74, 6) is 1.39. The molecule has 1 aromatic heterocycles. The van der Waals surface area contributed by atoms with Crippen LogP contribution in [0.5, 0.6) is 5.75 Å². The van der Waals surface area contributed by atoms with E-state index < -0.39 is 6.10 Å². The number of carbonyl (C=O) groups is 2. The summed E-state index contributed by atoms with van der Waals surface area (Å²) in [6, 6.07) is 15.5. The standard InChI is InChI=1S/C26H33N5O3S/c1-6-19-11-13-20(14-12-19)34-18(4)25(33)27-15-23-29-30-26(31(23)5)35-16-24(32)28-22-10-8-7-9-21(22)17(2)3/h7-14,17-18H,6,15-16H2,1-5H3,(H,27,33)(H,28,32)/t18-/m0/s1. The lowest BCUT2D eigenvalue weighted by Gasteiger charge is -2.15. The van der Waals surface area contributed by atoms with Gasteiger partial charge in [-0.3, -0.25) is 9.59 Å². The Balaban J connectivity index is 1.48. The molecule has 0 unspecified atom stereocenters. The van der Waals surface area contributed by atoms with E-state index in [1.165, 1.54) is 17.3 Å². The minimum Gasteiger partial charge on any atom is -0.481 e. The zero-order valence-electron chi connectivity index (χ0n) is 20.9. The highest BCUT2D eigenvalue weighted by molar-refractivity contribution is 7.99. The van der Waals surface area contributed by atoms with Gasteiger partial charge in [0.1, 0.15) is 5.75 Å². The van der Waals surface area contributed by atoms with E-state index in [0.717, 1.165) is 17.7 Å². The molecule has 0 radical (unpaired) electrons. The molecule has 2 aromatic carbocycles. The van der Waals surface area contributed by atoms with Crippen molar-refractivity contribution in [2.75, 3.05) is 11.1 Å². The molecule has 8 nitrogen and oxygen atoms in total.